The number of benzene rings is 1. The third kappa shape index (κ3) is 4.08. The molecule has 0 unspecified atom stereocenters. The Bertz CT molecular complexity index is 605. The summed E-state index contributed by atoms with van der Waals surface area (Å²) in [5, 5.41) is 0. The molecule has 1 aromatic carbocycles. The lowest BCUT2D eigenvalue weighted by Crippen LogP contribution is -2.51. The van der Waals surface area contributed by atoms with Crippen molar-refractivity contribution in [3.8, 4) is 0 Å². The first kappa shape index (κ1) is 16.4. The van der Waals surface area contributed by atoms with Crippen molar-refractivity contribution in [3.05, 3.63) is 29.3 Å². The predicted octanol–water partition coefficient (Wildman–Crippen LogP) is 2.48. The number of thioether (sulfide) groups is 1. The van der Waals surface area contributed by atoms with E-state index in [0.717, 1.165) is 12.8 Å². The van der Waals surface area contributed by atoms with Crippen molar-refractivity contribution in [2.24, 2.45) is 5.92 Å². The van der Waals surface area contributed by atoms with Crippen molar-refractivity contribution in [1.82, 2.24) is 9.80 Å². The summed E-state index contributed by atoms with van der Waals surface area (Å²) in [7, 11) is 0. The summed E-state index contributed by atoms with van der Waals surface area (Å²) >= 11 is 1.61. The number of nitrogens with zero attached hydrogens (tertiary/aromatic N) is 2. The van der Waals surface area contributed by atoms with Gasteiger partial charge in [0.15, 0.2) is 0 Å². The number of hydrogen-bond donors (Lipinski definition) is 0. The second-order valence-electron chi connectivity index (χ2n) is 6.54. The standard InChI is InChI=1S/C18H24N2O2S/c1-13-3-4-14(2)16(11-13)23-12-17(21)19-7-9-20(10-8-19)18(22)15-5-6-15/h3-4,11,15H,5-10,12H2,1-2H3. The van der Waals surface area contributed by atoms with Gasteiger partial charge in [-0.05, 0) is 38.3 Å². The average Bonchev–Trinajstić information content (AvgIpc) is 3.40. The highest BCUT2D eigenvalue weighted by Gasteiger charge is 2.35. The summed E-state index contributed by atoms with van der Waals surface area (Å²) in [6, 6.07) is 6.33. The van der Waals surface area contributed by atoms with Gasteiger partial charge in [0.1, 0.15) is 0 Å². The van der Waals surface area contributed by atoms with Crippen molar-refractivity contribution < 1.29 is 9.59 Å². The zero-order valence-corrected chi connectivity index (χ0v) is 14.7. The molecule has 2 aliphatic rings. The van der Waals surface area contributed by atoms with E-state index in [1.807, 2.05) is 9.80 Å². The number of aryl methyl sites for hydroxylation is 2. The van der Waals surface area contributed by atoms with Gasteiger partial charge in [0.05, 0.1) is 5.75 Å². The molecule has 0 spiro atoms. The maximum atomic E-state index is 12.4. The van der Waals surface area contributed by atoms with Crippen LogP contribution < -0.4 is 0 Å². The topological polar surface area (TPSA) is 40.6 Å². The van der Waals surface area contributed by atoms with Gasteiger partial charge in [0.2, 0.25) is 11.8 Å². The minimum Gasteiger partial charge on any atom is -0.339 e. The van der Waals surface area contributed by atoms with Gasteiger partial charge in [0, 0.05) is 37.0 Å². The molecule has 0 N–H and O–H groups in total. The third-order valence-corrected chi connectivity index (χ3v) is 5.71. The van der Waals surface area contributed by atoms with Gasteiger partial charge in [-0.25, -0.2) is 0 Å². The fourth-order valence-electron chi connectivity index (χ4n) is 2.86. The smallest absolute Gasteiger partial charge is 0.233 e. The lowest BCUT2D eigenvalue weighted by molar-refractivity contribution is -0.139. The van der Waals surface area contributed by atoms with E-state index in [2.05, 4.69) is 32.0 Å². The molecule has 1 aromatic rings. The predicted molar refractivity (Wildman–Crippen MR) is 92.5 cm³/mol. The Morgan fingerprint density at radius 1 is 1.09 bits per heavy atom. The molecule has 2 fully saturated rings. The molecule has 0 aromatic heterocycles. The molecular weight excluding hydrogens is 308 g/mol. The summed E-state index contributed by atoms with van der Waals surface area (Å²) in [5.41, 5.74) is 2.44. The maximum absolute atomic E-state index is 12.4. The molecule has 4 nitrogen and oxygen atoms in total. The van der Waals surface area contributed by atoms with Crippen LogP contribution in [0.3, 0.4) is 0 Å². The van der Waals surface area contributed by atoms with Crippen LogP contribution in [0.25, 0.3) is 0 Å². The SMILES string of the molecule is Cc1ccc(C)c(SCC(=O)N2CCN(C(=O)C3CC3)CC2)c1. The summed E-state index contributed by atoms with van der Waals surface area (Å²) in [6.07, 6.45) is 2.09. The van der Waals surface area contributed by atoms with E-state index in [1.165, 1.54) is 16.0 Å². The lowest BCUT2D eigenvalue weighted by atomic mass is 10.2. The number of amides is 2. The zero-order chi connectivity index (χ0) is 16.4. The number of rotatable bonds is 4. The van der Waals surface area contributed by atoms with Crippen molar-refractivity contribution in [3.63, 3.8) is 0 Å². The van der Waals surface area contributed by atoms with Gasteiger partial charge in [-0.1, -0.05) is 17.7 Å². The van der Waals surface area contributed by atoms with Crippen LogP contribution in [0.5, 0.6) is 0 Å². The first-order valence-electron chi connectivity index (χ1n) is 8.31. The zero-order valence-electron chi connectivity index (χ0n) is 13.9. The largest absolute Gasteiger partial charge is 0.339 e. The highest BCUT2D eigenvalue weighted by Crippen LogP contribution is 2.31. The molecule has 1 aliphatic carbocycles. The average molecular weight is 332 g/mol. The van der Waals surface area contributed by atoms with Crippen molar-refractivity contribution in [1.29, 1.82) is 0 Å². The molecule has 124 valence electrons. The van der Waals surface area contributed by atoms with Gasteiger partial charge < -0.3 is 9.80 Å². The molecule has 5 heteroatoms. The lowest BCUT2D eigenvalue weighted by Gasteiger charge is -2.35. The molecule has 1 heterocycles. The third-order valence-electron chi connectivity index (χ3n) is 4.57. The Labute approximate surface area is 142 Å². The fraction of sp³-hybridized carbons (Fsp3) is 0.556. The van der Waals surface area contributed by atoms with E-state index in [0.29, 0.717) is 37.8 Å². The molecule has 3 rings (SSSR count). The molecule has 0 radical (unpaired) electrons. The van der Waals surface area contributed by atoms with E-state index in [1.54, 1.807) is 11.8 Å². The molecular formula is C18H24N2O2S. The van der Waals surface area contributed by atoms with Crippen LogP contribution in [-0.4, -0.2) is 53.5 Å². The highest BCUT2D eigenvalue weighted by atomic mass is 32.2. The molecule has 1 aliphatic heterocycles. The Morgan fingerprint density at radius 3 is 2.39 bits per heavy atom. The number of carbonyl (C=O) groups excluding carboxylic acids is 2. The van der Waals surface area contributed by atoms with E-state index in [9.17, 15) is 9.59 Å². The summed E-state index contributed by atoms with van der Waals surface area (Å²) in [5.74, 6) is 1.22. The molecule has 2 amide bonds. The van der Waals surface area contributed by atoms with Gasteiger partial charge in [-0.3, -0.25) is 9.59 Å². The summed E-state index contributed by atoms with van der Waals surface area (Å²) in [6.45, 7) is 6.87. The van der Waals surface area contributed by atoms with Crippen LogP contribution in [0.2, 0.25) is 0 Å². The van der Waals surface area contributed by atoms with Gasteiger partial charge in [-0.15, -0.1) is 11.8 Å². The summed E-state index contributed by atoms with van der Waals surface area (Å²) < 4.78 is 0. The van der Waals surface area contributed by atoms with Crippen LogP contribution in [0.4, 0.5) is 0 Å². The van der Waals surface area contributed by atoms with Crippen molar-refractivity contribution >= 4 is 23.6 Å². The minimum absolute atomic E-state index is 0.175. The van der Waals surface area contributed by atoms with E-state index in [-0.39, 0.29) is 11.8 Å². The van der Waals surface area contributed by atoms with E-state index < -0.39 is 0 Å². The Morgan fingerprint density at radius 2 is 1.74 bits per heavy atom. The first-order chi connectivity index (χ1) is 11.0. The summed E-state index contributed by atoms with van der Waals surface area (Å²) in [4.78, 5) is 29.4. The highest BCUT2D eigenvalue weighted by molar-refractivity contribution is 8.00. The molecule has 1 saturated carbocycles. The molecule has 0 bridgehead atoms. The first-order valence-corrected chi connectivity index (χ1v) is 9.30. The Hall–Kier alpha value is -1.49. The van der Waals surface area contributed by atoms with E-state index in [4.69, 9.17) is 0 Å². The fourth-order valence-corrected chi connectivity index (χ4v) is 3.88. The monoisotopic (exact) mass is 332 g/mol. The van der Waals surface area contributed by atoms with Crippen LogP contribution in [0, 0.1) is 19.8 Å². The normalized spacial score (nSPS) is 18.2. The maximum Gasteiger partial charge on any atom is 0.233 e. The van der Waals surface area contributed by atoms with Gasteiger partial charge >= 0.3 is 0 Å². The Kier molecular flexibility index (Phi) is 4.95. The molecule has 0 atom stereocenters. The number of piperazine rings is 1. The van der Waals surface area contributed by atoms with Crippen LogP contribution in [0.1, 0.15) is 24.0 Å². The minimum atomic E-state index is 0.175. The van der Waals surface area contributed by atoms with Crippen molar-refractivity contribution in [2.45, 2.75) is 31.6 Å². The van der Waals surface area contributed by atoms with Crippen LogP contribution in [0.15, 0.2) is 23.1 Å². The van der Waals surface area contributed by atoms with Gasteiger partial charge in [-0.2, -0.15) is 0 Å². The second kappa shape index (κ2) is 6.95. The van der Waals surface area contributed by atoms with Gasteiger partial charge in [0.25, 0.3) is 0 Å². The Balaban J connectivity index is 1.47. The second-order valence-corrected chi connectivity index (χ2v) is 7.56. The quantitative estimate of drug-likeness (QED) is 0.796. The number of carbonyl (C=O) groups is 2. The number of hydrogen-bond acceptors (Lipinski definition) is 3. The van der Waals surface area contributed by atoms with E-state index >= 15 is 0 Å². The molecule has 1 saturated heterocycles. The molecule has 23 heavy (non-hydrogen) atoms. The van der Waals surface area contributed by atoms with Crippen LogP contribution in [-0.2, 0) is 9.59 Å². The van der Waals surface area contributed by atoms with Crippen LogP contribution >= 0.6 is 11.8 Å². The van der Waals surface area contributed by atoms with Crippen molar-refractivity contribution in [2.75, 3.05) is 31.9 Å².